The number of carbonyl (C=O) groups is 1. The van der Waals surface area contributed by atoms with E-state index in [1.54, 1.807) is 6.20 Å². The normalized spacial score (nSPS) is 23.2. The Labute approximate surface area is 161 Å². The third kappa shape index (κ3) is 5.73. The Morgan fingerprint density at radius 2 is 2.15 bits per heavy atom. The zero-order chi connectivity index (χ0) is 19.3. The lowest BCUT2D eigenvalue weighted by Gasteiger charge is -2.45. The van der Waals surface area contributed by atoms with E-state index < -0.39 is 10.0 Å². The van der Waals surface area contributed by atoms with Crippen LogP contribution in [0.4, 0.5) is 0 Å². The summed E-state index contributed by atoms with van der Waals surface area (Å²) in [5.41, 5.74) is 0.707. The molecule has 150 valence electrons. The molecule has 2 saturated heterocycles. The fourth-order valence-corrected chi connectivity index (χ4v) is 4.93. The average Bonchev–Trinajstić information content (AvgIpc) is 2.62. The molecule has 0 aliphatic carbocycles. The minimum absolute atomic E-state index is 0.0709. The van der Waals surface area contributed by atoms with Crippen molar-refractivity contribution in [1.82, 2.24) is 14.6 Å². The molecule has 0 bridgehead atoms. The predicted molar refractivity (Wildman–Crippen MR) is 103 cm³/mol. The summed E-state index contributed by atoms with van der Waals surface area (Å²) in [6, 6.07) is 5.78. The summed E-state index contributed by atoms with van der Waals surface area (Å²) in [6.07, 6.45) is 7.37. The van der Waals surface area contributed by atoms with E-state index in [2.05, 4.69) is 10.3 Å². The molecule has 2 aliphatic rings. The van der Waals surface area contributed by atoms with Gasteiger partial charge in [0.25, 0.3) is 0 Å². The number of carbonyl (C=O) groups excluding carboxylic acids is 1. The van der Waals surface area contributed by atoms with Crippen LogP contribution in [0.1, 0.15) is 37.8 Å². The highest BCUT2D eigenvalue weighted by atomic mass is 32.2. The number of ether oxygens (including phenoxy) is 1. The van der Waals surface area contributed by atoms with Crippen molar-refractivity contribution < 1.29 is 17.9 Å². The van der Waals surface area contributed by atoms with Gasteiger partial charge in [-0.15, -0.1) is 0 Å². The summed E-state index contributed by atoms with van der Waals surface area (Å²) in [5.74, 6) is 0.361. The number of piperidine rings is 1. The van der Waals surface area contributed by atoms with Gasteiger partial charge in [-0.1, -0.05) is 6.07 Å². The molecular formula is C19H29N3O4S. The Morgan fingerprint density at radius 3 is 2.81 bits per heavy atom. The highest BCUT2D eigenvalue weighted by Gasteiger charge is 2.42. The standard InChI is InChI=1S/C19H29N3O4S/c1-27(24,25)22-11-7-19(8-12-22)15-16(6-13-26-19)14-18(23)21-10-5-17-4-2-3-9-20-17/h2-4,9,16H,5-8,10-15H2,1H3,(H,21,23). The van der Waals surface area contributed by atoms with Crippen LogP contribution in [0.3, 0.4) is 0 Å². The van der Waals surface area contributed by atoms with Crippen LogP contribution in [0.5, 0.6) is 0 Å². The van der Waals surface area contributed by atoms with E-state index in [-0.39, 0.29) is 11.5 Å². The van der Waals surface area contributed by atoms with Crippen molar-refractivity contribution in [1.29, 1.82) is 0 Å². The molecule has 2 aliphatic heterocycles. The maximum absolute atomic E-state index is 12.3. The first-order chi connectivity index (χ1) is 12.9. The number of rotatable bonds is 6. The molecule has 0 aromatic carbocycles. The molecule has 1 amide bonds. The molecule has 1 aromatic rings. The average molecular weight is 396 g/mol. The van der Waals surface area contributed by atoms with E-state index >= 15 is 0 Å². The molecule has 8 heteroatoms. The Balaban J connectivity index is 1.44. The van der Waals surface area contributed by atoms with Gasteiger partial charge in [-0.25, -0.2) is 12.7 Å². The zero-order valence-electron chi connectivity index (χ0n) is 15.9. The van der Waals surface area contributed by atoms with Crippen LogP contribution in [-0.2, 0) is 26.0 Å². The lowest BCUT2D eigenvalue weighted by molar-refractivity contribution is -0.132. The van der Waals surface area contributed by atoms with Gasteiger partial charge in [0.2, 0.25) is 15.9 Å². The largest absolute Gasteiger partial charge is 0.375 e. The maximum atomic E-state index is 12.3. The summed E-state index contributed by atoms with van der Waals surface area (Å²) in [5, 5.41) is 2.99. The number of nitrogens with zero attached hydrogens (tertiary/aromatic N) is 2. The number of aromatic nitrogens is 1. The number of amides is 1. The monoisotopic (exact) mass is 395 g/mol. The zero-order valence-corrected chi connectivity index (χ0v) is 16.7. The molecule has 2 fully saturated rings. The third-order valence-electron chi connectivity index (χ3n) is 5.60. The van der Waals surface area contributed by atoms with Gasteiger partial charge < -0.3 is 10.1 Å². The van der Waals surface area contributed by atoms with Gasteiger partial charge in [-0.3, -0.25) is 9.78 Å². The van der Waals surface area contributed by atoms with Crippen LogP contribution in [0.15, 0.2) is 24.4 Å². The van der Waals surface area contributed by atoms with Crippen molar-refractivity contribution in [2.24, 2.45) is 5.92 Å². The lowest BCUT2D eigenvalue weighted by Crippen LogP contribution is -2.50. The van der Waals surface area contributed by atoms with Crippen LogP contribution >= 0.6 is 0 Å². The van der Waals surface area contributed by atoms with Gasteiger partial charge in [0.05, 0.1) is 11.9 Å². The molecule has 27 heavy (non-hydrogen) atoms. The van der Waals surface area contributed by atoms with Gasteiger partial charge in [0, 0.05) is 51.0 Å². The summed E-state index contributed by atoms with van der Waals surface area (Å²) in [4.78, 5) is 16.6. The quantitative estimate of drug-likeness (QED) is 0.785. The van der Waals surface area contributed by atoms with Crippen molar-refractivity contribution in [2.75, 3.05) is 32.5 Å². The Morgan fingerprint density at radius 1 is 1.37 bits per heavy atom. The van der Waals surface area contributed by atoms with Crippen LogP contribution in [0, 0.1) is 5.92 Å². The van der Waals surface area contributed by atoms with Crippen LogP contribution in [-0.4, -0.2) is 61.7 Å². The van der Waals surface area contributed by atoms with Gasteiger partial charge in [-0.05, 0) is 43.7 Å². The number of pyridine rings is 1. The second-order valence-corrected chi connectivity index (χ2v) is 9.66. The van der Waals surface area contributed by atoms with E-state index in [0.717, 1.165) is 25.0 Å². The van der Waals surface area contributed by atoms with Crippen molar-refractivity contribution in [3.63, 3.8) is 0 Å². The summed E-state index contributed by atoms with van der Waals surface area (Å²) >= 11 is 0. The van der Waals surface area contributed by atoms with Crippen molar-refractivity contribution >= 4 is 15.9 Å². The first-order valence-corrected chi connectivity index (χ1v) is 11.5. The predicted octanol–water partition coefficient (Wildman–Crippen LogP) is 1.35. The number of hydrogen-bond donors (Lipinski definition) is 1. The molecule has 3 rings (SSSR count). The van der Waals surface area contributed by atoms with E-state index in [4.69, 9.17) is 4.74 Å². The highest BCUT2D eigenvalue weighted by Crippen LogP contribution is 2.39. The van der Waals surface area contributed by atoms with Gasteiger partial charge in [-0.2, -0.15) is 0 Å². The van der Waals surface area contributed by atoms with Crippen molar-refractivity contribution in [3.8, 4) is 0 Å². The van der Waals surface area contributed by atoms with Crippen LogP contribution in [0.25, 0.3) is 0 Å². The van der Waals surface area contributed by atoms with Crippen molar-refractivity contribution in [3.05, 3.63) is 30.1 Å². The minimum Gasteiger partial charge on any atom is -0.375 e. The first-order valence-electron chi connectivity index (χ1n) is 9.62. The Hall–Kier alpha value is -1.51. The van der Waals surface area contributed by atoms with Crippen molar-refractivity contribution in [2.45, 2.75) is 44.1 Å². The second-order valence-electron chi connectivity index (χ2n) is 7.68. The molecule has 1 spiro atoms. The molecule has 0 radical (unpaired) electrons. The van der Waals surface area contributed by atoms with Gasteiger partial charge >= 0.3 is 0 Å². The summed E-state index contributed by atoms with van der Waals surface area (Å²) < 4.78 is 31.0. The van der Waals surface area contributed by atoms with E-state index in [9.17, 15) is 13.2 Å². The SMILES string of the molecule is CS(=O)(=O)N1CCC2(CC1)CC(CC(=O)NCCc1ccccn1)CCO2. The maximum Gasteiger partial charge on any atom is 0.220 e. The van der Waals surface area contributed by atoms with Crippen LogP contribution in [0.2, 0.25) is 0 Å². The number of sulfonamides is 1. The molecule has 1 N–H and O–H groups in total. The van der Waals surface area contributed by atoms with Gasteiger partial charge in [0.15, 0.2) is 0 Å². The smallest absolute Gasteiger partial charge is 0.220 e. The molecule has 1 atom stereocenters. The third-order valence-corrected chi connectivity index (χ3v) is 6.90. The van der Waals surface area contributed by atoms with E-state index in [1.165, 1.54) is 10.6 Å². The molecule has 3 heterocycles. The van der Waals surface area contributed by atoms with Gasteiger partial charge in [0.1, 0.15) is 0 Å². The topological polar surface area (TPSA) is 88.6 Å². The molecule has 7 nitrogen and oxygen atoms in total. The van der Waals surface area contributed by atoms with Crippen LogP contribution < -0.4 is 5.32 Å². The molecular weight excluding hydrogens is 366 g/mol. The number of hydrogen-bond acceptors (Lipinski definition) is 5. The molecule has 1 aromatic heterocycles. The lowest BCUT2D eigenvalue weighted by atomic mass is 9.78. The molecule has 1 unspecified atom stereocenters. The fraction of sp³-hybridized carbons (Fsp3) is 0.684. The molecule has 0 saturated carbocycles. The Bertz CT molecular complexity index is 731. The number of nitrogens with one attached hydrogen (secondary N) is 1. The summed E-state index contributed by atoms with van der Waals surface area (Å²) in [7, 11) is -3.14. The Kier molecular flexibility index (Phi) is 6.49. The summed E-state index contributed by atoms with van der Waals surface area (Å²) in [6.45, 7) is 2.24. The fourth-order valence-electron chi connectivity index (χ4n) is 4.09. The first kappa shape index (κ1) is 20.2. The van der Waals surface area contributed by atoms with E-state index in [0.29, 0.717) is 51.4 Å². The minimum atomic E-state index is -3.14. The highest BCUT2D eigenvalue weighted by molar-refractivity contribution is 7.88. The second kappa shape index (κ2) is 8.67. The van der Waals surface area contributed by atoms with E-state index in [1.807, 2.05) is 18.2 Å².